The van der Waals surface area contributed by atoms with E-state index in [-0.39, 0.29) is 11.3 Å². The maximum atomic E-state index is 13.5. The molecule has 0 saturated heterocycles. The summed E-state index contributed by atoms with van der Waals surface area (Å²) in [6.45, 7) is 2.26. The van der Waals surface area contributed by atoms with Gasteiger partial charge in [0, 0.05) is 17.8 Å². The summed E-state index contributed by atoms with van der Waals surface area (Å²) in [5.41, 5.74) is 2.67. The Balaban J connectivity index is 1.40. The van der Waals surface area contributed by atoms with Crippen molar-refractivity contribution in [3.8, 4) is 11.5 Å². The van der Waals surface area contributed by atoms with Gasteiger partial charge in [-0.2, -0.15) is 0 Å². The Bertz CT molecular complexity index is 1020. The molecule has 4 rings (SSSR count). The van der Waals surface area contributed by atoms with Crippen molar-refractivity contribution in [2.75, 3.05) is 5.32 Å². The van der Waals surface area contributed by atoms with E-state index in [0.717, 1.165) is 49.6 Å². The summed E-state index contributed by atoms with van der Waals surface area (Å²) in [7, 11) is 0. The van der Waals surface area contributed by atoms with Crippen LogP contribution in [0.5, 0.6) is 0 Å². The summed E-state index contributed by atoms with van der Waals surface area (Å²) < 4.78 is 6.07. The highest BCUT2D eigenvalue weighted by molar-refractivity contribution is 6.01. The highest BCUT2D eigenvalue weighted by Crippen LogP contribution is 2.44. The number of hydrogen-bond donors (Lipinski definition) is 1. The number of benzene rings is 1. The van der Waals surface area contributed by atoms with Crippen LogP contribution in [-0.2, 0) is 4.79 Å². The predicted molar refractivity (Wildman–Crippen MR) is 134 cm³/mol. The average molecular weight is 448 g/mol. The van der Waals surface area contributed by atoms with Crippen LogP contribution in [-0.4, -0.2) is 15.9 Å². The molecule has 1 fully saturated rings. The van der Waals surface area contributed by atoms with E-state index < -0.39 is 0 Å². The lowest BCUT2D eigenvalue weighted by Crippen LogP contribution is -2.33. The number of unbranched alkanes of at least 4 members (excludes halogenated alkanes) is 7. The first kappa shape index (κ1) is 23.5. The van der Waals surface area contributed by atoms with E-state index in [1.54, 1.807) is 12.4 Å². The quantitative estimate of drug-likeness (QED) is 0.286. The molecule has 1 saturated carbocycles. The van der Waals surface area contributed by atoms with Crippen molar-refractivity contribution in [1.82, 2.24) is 9.97 Å². The Morgan fingerprint density at radius 3 is 2.48 bits per heavy atom. The minimum atomic E-state index is -0.240. The molecule has 1 aliphatic rings. The van der Waals surface area contributed by atoms with Crippen molar-refractivity contribution < 1.29 is 9.21 Å². The number of rotatable bonds is 12. The molecule has 176 valence electrons. The Morgan fingerprint density at radius 1 is 1.00 bits per heavy atom. The van der Waals surface area contributed by atoms with E-state index in [0.29, 0.717) is 17.2 Å². The molecule has 5 heteroatoms. The summed E-state index contributed by atoms with van der Waals surface area (Å²) in [5.74, 6) is 0.670. The van der Waals surface area contributed by atoms with Gasteiger partial charge in [0.15, 0.2) is 5.58 Å². The molecule has 0 spiro atoms. The summed E-state index contributed by atoms with van der Waals surface area (Å²) in [6, 6.07) is 9.54. The summed E-state index contributed by atoms with van der Waals surface area (Å²) in [6.07, 6.45) is 19.0. The van der Waals surface area contributed by atoms with E-state index in [1.807, 2.05) is 30.3 Å². The average Bonchev–Trinajstić information content (AvgIpc) is 3.50. The second-order valence-electron chi connectivity index (χ2n) is 9.58. The number of carbonyl (C=O) groups excluding carboxylic acids is 1. The van der Waals surface area contributed by atoms with Gasteiger partial charge in [-0.3, -0.25) is 9.78 Å². The number of amides is 1. The van der Waals surface area contributed by atoms with E-state index in [9.17, 15) is 4.79 Å². The monoisotopic (exact) mass is 447 g/mol. The zero-order chi connectivity index (χ0) is 22.9. The molecule has 0 aliphatic heterocycles. The minimum absolute atomic E-state index is 0.148. The van der Waals surface area contributed by atoms with Crippen molar-refractivity contribution in [3.05, 3.63) is 42.7 Å². The van der Waals surface area contributed by atoms with Crippen LogP contribution < -0.4 is 5.32 Å². The van der Waals surface area contributed by atoms with Crippen LogP contribution in [0.4, 0.5) is 5.69 Å². The molecule has 0 radical (unpaired) electrons. The van der Waals surface area contributed by atoms with Crippen LogP contribution in [0.25, 0.3) is 22.6 Å². The van der Waals surface area contributed by atoms with Gasteiger partial charge in [0.25, 0.3) is 0 Å². The number of nitrogens with zero attached hydrogens (tertiary/aromatic N) is 2. The summed E-state index contributed by atoms with van der Waals surface area (Å²) in [4.78, 5) is 22.3. The number of para-hydroxylation sites is 1. The first-order valence-corrected chi connectivity index (χ1v) is 12.8. The van der Waals surface area contributed by atoms with Gasteiger partial charge in [0.1, 0.15) is 5.52 Å². The van der Waals surface area contributed by atoms with Crippen molar-refractivity contribution in [2.45, 2.75) is 90.4 Å². The lowest BCUT2D eigenvalue weighted by molar-refractivity contribution is -0.125. The first-order chi connectivity index (χ1) is 16.2. The normalized spacial score (nSPS) is 15.2. The Morgan fingerprint density at radius 2 is 1.76 bits per heavy atom. The van der Waals surface area contributed by atoms with Gasteiger partial charge in [0.05, 0.1) is 11.3 Å². The van der Waals surface area contributed by atoms with E-state index in [1.165, 1.54) is 44.9 Å². The highest BCUT2D eigenvalue weighted by atomic mass is 16.3. The fraction of sp³-hybridized carbons (Fsp3) is 0.536. The summed E-state index contributed by atoms with van der Waals surface area (Å²) in [5, 5.41) is 3.22. The largest absolute Gasteiger partial charge is 0.434 e. The molecule has 1 aromatic carbocycles. The fourth-order valence-corrected chi connectivity index (χ4v) is 5.15. The van der Waals surface area contributed by atoms with Gasteiger partial charge in [-0.05, 0) is 43.5 Å². The van der Waals surface area contributed by atoms with Gasteiger partial charge in [-0.25, -0.2) is 4.98 Å². The van der Waals surface area contributed by atoms with Gasteiger partial charge in [-0.15, -0.1) is 0 Å². The van der Waals surface area contributed by atoms with Crippen molar-refractivity contribution in [1.29, 1.82) is 0 Å². The third kappa shape index (κ3) is 5.82. The van der Waals surface area contributed by atoms with Crippen LogP contribution >= 0.6 is 0 Å². The number of anilines is 1. The van der Waals surface area contributed by atoms with Gasteiger partial charge < -0.3 is 9.73 Å². The molecule has 0 bridgehead atoms. The Kier molecular flexibility index (Phi) is 8.14. The van der Waals surface area contributed by atoms with Gasteiger partial charge >= 0.3 is 0 Å². The Hall–Kier alpha value is -2.69. The van der Waals surface area contributed by atoms with Gasteiger partial charge in [-0.1, -0.05) is 77.2 Å². The van der Waals surface area contributed by atoms with Crippen LogP contribution in [0.15, 0.2) is 47.1 Å². The topological polar surface area (TPSA) is 68.0 Å². The van der Waals surface area contributed by atoms with Crippen LogP contribution in [0.1, 0.15) is 90.4 Å². The highest BCUT2D eigenvalue weighted by Gasteiger charge is 2.40. The molecule has 1 amide bonds. The molecule has 2 aromatic heterocycles. The number of pyridine rings is 1. The van der Waals surface area contributed by atoms with E-state index in [2.05, 4.69) is 22.2 Å². The molecular weight excluding hydrogens is 410 g/mol. The van der Waals surface area contributed by atoms with Crippen LogP contribution in [0.3, 0.4) is 0 Å². The standard InChI is InChI=1S/C28H37N3O2/c1-2-3-4-5-6-7-8-9-17-28(18-10-11-19-28)27(32)31-24-16-12-15-23-25(24)33-26(30-23)22-14-13-20-29-21-22/h12-16,20-21H,2-11,17-19H2,1H3,(H,31,32). The maximum Gasteiger partial charge on any atom is 0.230 e. The smallest absolute Gasteiger partial charge is 0.230 e. The lowest BCUT2D eigenvalue weighted by atomic mass is 9.79. The first-order valence-electron chi connectivity index (χ1n) is 12.8. The number of fused-ring (bicyclic) bond motifs is 1. The van der Waals surface area contributed by atoms with Crippen molar-refractivity contribution >= 4 is 22.7 Å². The van der Waals surface area contributed by atoms with E-state index in [4.69, 9.17) is 4.42 Å². The third-order valence-corrected chi connectivity index (χ3v) is 7.12. The fourth-order valence-electron chi connectivity index (χ4n) is 5.15. The maximum absolute atomic E-state index is 13.5. The predicted octanol–water partition coefficient (Wildman–Crippen LogP) is 7.92. The number of hydrogen-bond acceptors (Lipinski definition) is 4. The molecule has 3 aromatic rings. The zero-order valence-corrected chi connectivity index (χ0v) is 19.9. The summed E-state index contributed by atoms with van der Waals surface area (Å²) >= 11 is 0. The lowest BCUT2D eigenvalue weighted by Gasteiger charge is -2.27. The molecule has 2 heterocycles. The molecule has 1 N–H and O–H groups in total. The molecular formula is C28H37N3O2. The van der Waals surface area contributed by atoms with E-state index >= 15 is 0 Å². The number of carbonyl (C=O) groups is 1. The second kappa shape index (κ2) is 11.4. The number of nitrogens with one attached hydrogen (secondary N) is 1. The number of aromatic nitrogens is 2. The number of oxazole rings is 1. The van der Waals surface area contributed by atoms with Crippen LogP contribution in [0.2, 0.25) is 0 Å². The zero-order valence-electron chi connectivity index (χ0n) is 19.9. The molecule has 1 aliphatic carbocycles. The van der Waals surface area contributed by atoms with Crippen molar-refractivity contribution in [2.24, 2.45) is 5.41 Å². The third-order valence-electron chi connectivity index (χ3n) is 7.12. The second-order valence-corrected chi connectivity index (χ2v) is 9.58. The molecule has 33 heavy (non-hydrogen) atoms. The molecule has 5 nitrogen and oxygen atoms in total. The van der Waals surface area contributed by atoms with Crippen molar-refractivity contribution in [3.63, 3.8) is 0 Å². The minimum Gasteiger partial charge on any atom is -0.434 e. The SMILES string of the molecule is CCCCCCCCCCC1(C(=O)Nc2cccc3nc(-c4cccnc4)oc23)CCCC1. The van der Waals surface area contributed by atoms with Crippen LogP contribution in [0, 0.1) is 5.41 Å². The molecule has 0 atom stereocenters. The molecule has 0 unspecified atom stereocenters. The Labute approximate surface area is 197 Å². The van der Waals surface area contributed by atoms with Gasteiger partial charge in [0.2, 0.25) is 11.8 Å².